The van der Waals surface area contributed by atoms with Gasteiger partial charge >= 0.3 is 0 Å². The molecule has 0 aromatic heterocycles. The first-order valence-electron chi connectivity index (χ1n) is 9.21. The highest BCUT2D eigenvalue weighted by molar-refractivity contribution is 8.38. The van der Waals surface area contributed by atoms with Crippen LogP contribution in [0.25, 0.3) is 17.2 Å². The normalized spacial score (nSPS) is 18.6. The molecule has 0 N–H and O–H groups in total. The van der Waals surface area contributed by atoms with Crippen LogP contribution in [0.4, 0.5) is 0 Å². The molecule has 2 bridgehead atoms. The number of aldehydes is 1. The van der Waals surface area contributed by atoms with Gasteiger partial charge in [-0.05, 0) is 62.9 Å². The zero-order valence-electron chi connectivity index (χ0n) is 16.0. The van der Waals surface area contributed by atoms with Crippen molar-refractivity contribution < 1.29 is 4.79 Å². The van der Waals surface area contributed by atoms with E-state index >= 15 is 0 Å². The highest BCUT2D eigenvalue weighted by Crippen LogP contribution is 2.71. The molecule has 2 aromatic rings. The predicted octanol–water partition coefficient (Wildman–Crippen LogP) is 5.21. The van der Waals surface area contributed by atoms with E-state index in [0.29, 0.717) is 0 Å². The van der Waals surface area contributed by atoms with Gasteiger partial charge in [0, 0.05) is 0 Å². The molecule has 2 aromatic carbocycles. The summed E-state index contributed by atoms with van der Waals surface area (Å²) in [5, 5.41) is 2.71. The first kappa shape index (κ1) is 19.4. The fraction of sp³-hybridized carbons (Fsp3) is 0.125. The molecule has 5 heteroatoms. The van der Waals surface area contributed by atoms with E-state index in [1.165, 1.54) is 47.3 Å². The lowest BCUT2D eigenvalue weighted by molar-refractivity contribution is -0.104. The van der Waals surface area contributed by atoms with Crippen LogP contribution >= 0.6 is 47.0 Å². The molecule has 29 heavy (non-hydrogen) atoms. The van der Waals surface area contributed by atoms with Crippen LogP contribution in [-0.4, -0.2) is 22.9 Å². The molecule has 0 fully saturated rings. The van der Waals surface area contributed by atoms with Crippen molar-refractivity contribution in [3.05, 3.63) is 96.3 Å². The number of carbonyl (C=O) groups is 1. The van der Waals surface area contributed by atoms with Crippen molar-refractivity contribution >= 4 is 70.6 Å². The van der Waals surface area contributed by atoms with Crippen molar-refractivity contribution in [2.24, 2.45) is 0 Å². The molecule has 1 nitrogen and oxygen atoms in total. The summed E-state index contributed by atoms with van der Waals surface area (Å²) >= 11 is 7.76. The second-order valence-electron chi connectivity index (χ2n) is 6.78. The zero-order chi connectivity index (χ0) is 20.0. The maximum atomic E-state index is 10.5. The number of fused-ring (bicyclic) bond motifs is 4. The summed E-state index contributed by atoms with van der Waals surface area (Å²) in [4.78, 5) is 10.5. The van der Waals surface area contributed by atoms with Gasteiger partial charge in [-0.25, -0.2) is 0 Å². The van der Waals surface area contributed by atoms with Crippen molar-refractivity contribution in [3.63, 3.8) is 0 Å². The van der Waals surface area contributed by atoms with Crippen molar-refractivity contribution in [2.45, 2.75) is 4.08 Å². The van der Waals surface area contributed by atoms with E-state index in [4.69, 9.17) is 0 Å². The van der Waals surface area contributed by atoms with Crippen molar-refractivity contribution in [1.82, 2.24) is 0 Å². The first-order chi connectivity index (χ1) is 14.2. The Morgan fingerprint density at radius 2 is 1.48 bits per heavy atom. The van der Waals surface area contributed by atoms with Gasteiger partial charge in [0.15, 0.2) is 0 Å². The Balaban J connectivity index is 1.72. The first-order valence-corrected chi connectivity index (χ1v) is 13.3. The van der Waals surface area contributed by atoms with Crippen molar-refractivity contribution in [2.75, 3.05) is 12.5 Å². The van der Waals surface area contributed by atoms with Gasteiger partial charge in [0.2, 0.25) is 0 Å². The van der Waals surface area contributed by atoms with E-state index in [9.17, 15) is 4.79 Å². The minimum atomic E-state index is -0.0670. The lowest BCUT2D eigenvalue weighted by Gasteiger charge is -2.23. The SMILES string of the molecule is CSC1=C(SC)SC2(S1)C1=c3ccc(/C=C/C=C/C=O)cc3=C2c2ccccc21. The lowest BCUT2D eigenvalue weighted by Crippen LogP contribution is -2.27. The highest BCUT2D eigenvalue weighted by atomic mass is 32.3. The largest absolute Gasteiger partial charge is 0.299 e. The van der Waals surface area contributed by atoms with Gasteiger partial charge in [-0.3, -0.25) is 4.79 Å². The number of thioether (sulfide) groups is 4. The molecule has 1 spiro atoms. The highest BCUT2D eigenvalue weighted by Gasteiger charge is 2.55. The standard InChI is InChI=1S/C24H18OS4/c1-26-22-23(27-2)29-24(28-22)20-16-9-5-6-10-17(16)21(24)19-14-15(11-12-18(19)20)8-4-3-7-13-25/h3-14H,1-2H3/b7-3+,8-4+. The summed E-state index contributed by atoms with van der Waals surface area (Å²) in [7, 11) is 0. The molecule has 0 radical (unpaired) electrons. The molecular formula is C24H18OS4. The average Bonchev–Trinajstić information content (AvgIpc) is 3.35. The molecule has 144 valence electrons. The summed E-state index contributed by atoms with van der Waals surface area (Å²) in [5.74, 6) is 0. The molecular weight excluding hydrogens is 433 g/mol. The van der Waals surface area contributed by atoms with Gasteiger partial charge in [-0.1, -0.05) is 78.2 Å². The molecule has 3 aliphatic rings. The van der Waals surface area contributed by atoms with Crippen LogP contribution < -0.4 is 10.4 Å². The van der Waals surface area contributed by atoms with Gasteiger partial charge in [0.25, 0.3) is 0 Å². The molecule has 1 aliphatic heterocycles. The fourth-order valence-corrected chi connectivity index (χ4v) is 10.4. The summed E-state index contributed by atoms with van der Waals surface area (Å²) in [5.41, 5.74) is 6.82. The number of rotatable bonds is 5. The van der Waals surface area contributed by atoms with Crippen LogP contribution in [0.1, 0.15) is 16.7 Å². The van der Waals surface area contributed by atoms with Crippen molar-refractivity contribution in [3.8, 4) is 0 Å². The zero-order valence-corrected chi connectivity index (χ0v) is 19.2. The van der Waals surface area contributed by atoms with Gasteiger partial charge in [0.1, 0.15) is 10.4 Å². The van der Waals surface area contributed by atoms with Gasteiger partial charge in [-0.15, -0.1) is 23.5 Å². The van der Waals surface area contributed by atoms with Crippen LogP contribution in [0.5, 0.6) is 0 Å². The molecule has 5 rings (SSSR count). The smallest absolute Gasteiger partial charge is 0.142 e. The molecule has 0 unspecified atom stereocenters. The van der Waals surface area contributed by atoms with Crippen LogP contribution in [0.3, 0.4) is 0 Å². The average molecular weight is 451 g/mol. The van der Waals surface area contributed by atoms with E-state index in [0.717, 1.165) is 11.8 Å². The van der Waals surface area contributed by atoms with Crippen LogP contribution in [0.2, 0.25) is 0 Å². The van der Waals surface area contributed by atoms with Gasteiger partial charge < -0.3 is 0 Å². The Bertz CT molecular complexity index is 1230. The quantitative estimate of drug-likeness (QED) is 0.352. The fourth-order valence-electron chi connectivity index (χ4n) is 4.23. The Morgan fingerprint density at radius 1 is 0.828 bits per heavy atom. The molecule has 2 aliphatic carbocycles. The van der Waals surface area contributed by atoms with Crippen molar-refractivity contribution in [1.29, 1.82) is 0 Å². The molecule has 0 saturated heterocycles. The third kappa shape index (κ3) is 2.86. The third-order valence-corrected chi connectivity index (χ3v) is 11.1. The van der Waals surface area contributed by atoms with E-state index in [1.807, 2.05) is 53.1 Å². The summed E-state index contributed by atoms with van der Waals surface area (Å²) in [6.07, 6.45) is 12.4. The van der Waals surface area contributed by atoms with E-state index < -0.39 is 0 Å². The van der Waals surface area contributed by atoms with E-state index in [-0.39, 0.29) is 4.08 Å². The Kier molecular flexibility index (Phi) is 5.11. The number of carbonyl (C=O) groups excluding carboxylic acids is 1. The maximum Gasteiger partial charge on any atom is 0.142 e. The maximum absolute atomic E-state index is 10.5. The Morgan fingerprint density at radius 3 is 2.10 bits per heavy atom. The molecule has 0 saturated carbocycles. The third-order valence-electron chi connectivity index (χ3n) is 5.31. The Labute approximate surface area is 187 Å². The van der Waals surface area contributed by atoms with Crippen LogP contribution in [0, 0.1) is 0 Å². The topological polar surface area (TPSA) is 17.1 Å². The van der Waals surface area contributed by atoms with Crippen LogP contribution in [-0.2, 0) is 4.79 Å². The summed E-state index contributed by atoms with van der Waals surface area (Å²) in [6.45, 7) is 0. The number of hydrogen-bond donors (Lipinski definition) is 0. The monoisotopic (exact) mass is 450 g/mol. The minimum absolute atomic E-state index is 0.0670. The Hall–Kier alpha value is -1.53. The van der Waals surface area contributed by atoms with E-state index in [2.05, 4.69) is 61.1 Å². The lowest BCUT2D eigenvalue weighted by atomic mass is 9.98. The second-order valence-corrected chi connectivity index (χ2v) is 11.6. The van der Waals surface area contributed by atoms with E-state index in [1.54, 1.807) is 6.08 Å². The predicted molar refractivity (Wildman–Crippen MR) is 133 cm³/mol. The number of hydrogen-bond acceptors (Lipinski definition) is 5. The van der Waals surface area contributed by atoms with Crippen LogP contribution in [0.15, 0.2) is 69.2 Å². The molecule has 0 amide bonds. The summed E-state index contributed by atoms with van der Waals surface area (Å²) < 4.78 is 2.79. The second kappa shape index (κ2) is 7.62. The molecule has 1 heterocycles. The van der Waals surface area contributed by atoms with Gasteiger partial charge in [-0.2, -0.15) is 0 Å². The minimum Gasteiger partial charge on any atom is -0.299 e. The molecule has 0 atom stereocenters. The summed E-state index contributed by atoms with van der Waals surface area (Å²) in [6, 6.07) is 15.6. The van der Waals surface area contributed by atoms with Gasteiger partial charge in [0.05, 0.1) is 8.47 Å². The number of benzene rings is 2. The number of allylic oxidation sites excluding steroid dienone is 3.